The normalized spacial score (nSPS) is 24.6. The van der Waals surface area contributed by atoms with Crippen molar-refractivity contribution in [3.05, 3.63) is 29.6 Å². The predicted octanol–water partition coefficient (Wildman–Crippen LogP) is 2.31. The summed E-state index contributed by atoms with van der Waals surface area (Å²) in [5, 5.41) is 3.31. The van der Waals surface area contributed by atoms with E-state index in [0.717, 1.165) is 24.9 Å². The Morgan fingerprint density at radius 1 is 1.35 bits per heavy atom. The Morgan fingerprint density at radius 3 is 2.88 bits per heavy atom. The lowest BCUT2D eigenvalue weighted by Crippen LogP contribution is -2.22. The molecule has 2 unspecified atom stereocenters. The molecule has 1 aliphatic rings. The average Bonchev–Trinajstić information content (AvgIpc) is 2.83. The zero-order chi connectivity index (χ0) is 12.0. The van der Waals surface area contributed by atoms with Gasteiger partial charge in [0.1, 0.15) is 17.2 Å². The van der Waals surface area contributed by atoms with Gasteiger partial charge in [-0.2, -0.15) is 0 Å². The summed E-state index contributed by atoms with van der Waals surface area (Å²) in [5.41, 5.74) is 0.650. The second kappa shape index (κ2) is 3.77. The van der Waals surface area contributed by atoms with Gasteiger partial charge in [-0.3, -0.25) is 0 Å². The number of hydrogen-bond donors (Lipinski definition) is 2. The molecule has 0 spiro atoms. The van der Waals surface area contributed by atoms with E-state index in [1.807, 2.05) is 0 Å². The van der Waals surface area contributed by atoms with Gasteiger partial charge in [0.25, 0.3) is 0 Å². The monoisotopic (exact) mass is 237 g/mol. The number of nitrogens with zero attached hydrogens (tertiary/aromatic N) is 1. The molecule has 1 aromatic carbocycles. The Hall–Kier alpha value is -1.49. The van der Waals surface area contributed by atoms with E-state index in [4.69, 9.17) is 0 Å². The van der Waals surface area contributed by atoms with Crippen LogP contribution in [0.4, 0.5) is 8.78 Å². The minimum absolute atomic E-state index is 0.223. The van der Waals surface area contributed by atoms with Gasteiger partial charge in [-0.1, -0.05) is 0 Å². The van der Waals surface area contributed by atoms with E-state index in [9.17, 15) is 8.78 Å². The van der Waals surface area contributed by atoms with E-state index in [1.165, 1.54) is 6.07 Å². The van der Waals surface area contributed by atoms with Crippen molar-refractivity contribution in [3.8, 4) is 0 Å². The molecular formula is C12H13F2N3. The molecule has 1 aliphatic heterocycles. The molecule has 5 heteroatoms. The van der Waals surface area contributed by atoms with Gasteiger partial charge in [-0.25, -0.2) is 13.8 Å². The molecule has 3 nitrogen and oxygen atoms in total. The summed E-state index contributed by atoms with van der Waals surface area (Å²) in [6.07, 6.45) is 0.963. The Kier molecular flexibility index (Phi) is 2.36. The molecule has 90 valence electrons. The third-order valence-electron chi connectivity index (χ3n) is 3.40. The number of rotatable bonds is 1. The third-order valence-corrected chi connectivity index (χ3v) is 3.40. The van der Waals surface area contributed by atoms with E-state index in [1.54, 1.807) is 0 Å². The van der Waals surface area contributed by atoms with E-state index < -0.39 is 11.6 Å². The quantitative estimate of drug-likeness (QED) is 0.799. The summed E-state index contributed by atoms with van der Waals surface area (Å²) >= 11 is 0. The highest BCUT2D eigenvalue weighted by Crippen LogP contribution is 2.28. The maximum Gasteiger partial charge on any atom is 0.153 e. The van der Waals surface area contributed by atoms with Gasteiger partial charge in [-0.15, -0.1) is 0 Å². The predicted molar refractivity (Wildman–Crippen MR) is 60.8 cm³/mol. The Bertz CT molecular complexity index is 564. The highest BCUT2D eigenvalue weighted by Gasteiger charge is 2.27. The number of nitrogens with one attached hydrogen (secondary N) is 2. The fourth-order valence-electron chi connectivity index (χ4n) is 2.47. The van der Waals surface area contributed by atoms with E-state index in [0.29, 0.717) is 11.6 Å². The number of fused-ring (bicyclic) bond motifs is 1. The molecule has 1 fully saturated rings. The number of halogens is 2. The second-order valence-corrected chi connectivity index (χ2v) is 4.54. The lowest BCUT2D eigenvalue weighted by Gasteiger charge is -2.11. The molecule has 0 aliphatic carbocycles. The summed E-state index contributed by atoms with van der Waals surface area (Å²) in [5.74, 6) is -0.212. The first-order valence-corrected chi connectivity index (χ1v) is 5.73. The largest absolute Gasteiger partial charge is 0.342 e. The van der Waals surface area contributed by atoms with Gasteiger partial charge in [0.15, 0.2) is 5.82 Å². The third kappa shape index (κ3) is 1.70. The van der Waals surface area contributed by atoms with Crippen LogP contribution in [0.1, 0.15) is 25.1 Å². The standard InChI is InChI=1S/C12H13F2N3/c1-6-8(2-3-15-6)12-16-10-5-7(13)4-9(14)11(10)17-12/h4-6,8,15H,2-3H2,1H3,(H,16,17). The van der Waals surface area contributed by atoms with E-state index >= 15 is 0 Å². The van der Waals surface area contributed by atoms with Crippen LogP contribution in [0.25, 0.3) is 11.0 Å². The maximum absolute atomic E-state index is 13.5. The summed E-state index contributed by atoms with van der Waals surface area (Å²) in [6, 6.07) is 2.45. The van der Waals surface area contributed by atoms with Gasteiger partial charge in [0, 0.05) is 18.0 Å². The van der Waals surface area contributed by atoms with Crippen molar-refractivity contribution in [2.75, 3.05) is 6.54 Å². The molecular weight excluding hydrogens is 224 g/mol. The van der Waals surface area contributed by atoms with Crippen LogP contribution >= 0.6 is 0 Å². The average molecular weight is 237 g/mol. The minimum atomic E-state index is -0.610. The molecule has 0 saturated carbocycles. The van der Waals surface area contributed by atoms with Crippen molar-refractivity contribution in [3.63, 3.8) is 0 Å². The number of hydrogen-bond acceptors (Lipinski definition) is 2. The zero-order valence-electron chi connectivity index (χ0n) is 9.43. The van der Waals surface area contributed by atoms with Gasteiger partial charge in [0.2, 0.25) is 0 Å². The van der Waals surface area contributed by atoms with Crippen LogP contribution in [0.15, 0.2) is 12.1 Å². The van der Waals surface area contributed by atoms with Gasteiger partial charge < -0.3 is 10.3 Å². The smallest absolute Gasteiger partial charge is 0.153 e. The summed E-state index contributed by atoms with van der Waals surface area (Å²) in [4.78, 5) is 7.27. The SMILES string of the molecule is CC1NCCC1c1nc2c(F)cc(F)cc2[nH]1. The van der Waals surface area contributed by atoms with Crippen molar-refractivity contribution in [2.24, 2.45) is 0 Å². The van der Waals surface area contributed by atoms with E-state index in [2.05, 4.69) is 22.2 Å². The highest BCUT2D eigenvalue weighted by molar-refractivity contribution is 5.75. The van der Waals surface area contributed by atoms with Crippen LogP contribution < -0.4 is 5.32 Å². The topological polar surface area (TPSA) is 40.7 Å². The fraction of sp³-hybridized carbons (Fsp3) is 0.417. The van der Waals surface area contributed by atoms with Crippen molar-refractivity contribution in [1.29, 1.82) is 0 Å². The van der Waals surface area contributed by atoms with E-state index in [-0.39, 0.29) is 11.4 Å². The van der Waals surface area contributed by atoms with Crippen molar-refractivity contribution < 1.29 is 8.78 Å². The van der Waals surface area contributed by atoms with Gasteiger partial charge in [0.05, 0.1) is 5.52 Å². The van der Waals surface area contributed by atoms with Crippen LogP contribution in [0.2, 0.25) is 0 Å². The minimum Gasteiger partial charge on any atom is -0.342 e. The molecule has 0 bridgehead atoms. The molecule has 0 amide bonds. The van der Waals surface area contributed by atoms with Crippen molar-refractivity contribution in [1.82, 2.24) is 15.3 Å². The highest BCUT2D eigenvalue weighted by atomic mass is 19.1. The number of aromatic amines is 1. The lowest BCUT2D eigenvalue weighted by atomic mass is 10.0. The molecule has 1 saturated heterocycles. The van der Waals surface area contributed by atoms with Gasteiger partial charge >= 0.3 is 0 Å². The van der Waals surface area contributed by atoms with Crippen LogP contribution in [0.5, 0.6) is 0 Å². The van der Waals surface area contributed by atoms with Crippen molar-refractivity contribution >= 4 is 11.0 Å². The molecule has 0 radical (unpaired) electrons. The zero-order valence-corrected chi connectivity index (χ0v) is 9.43. The Balaban J connectivity index is 2.10. The fourth-order valence-corrected chi connectivity index (χ4v) is 2.47. The first-order chi connectivity index (χ1) is 8.15. The Morgan fingerprint density at radius 2 is 2.18 bits per heavy atom. The molecule has 17 heavy (non-hydrogen) atoms. The lowest BCUT2D eigenvalue weighted by molar-refractivity contribution is 0.572. The molecule has 2 N–H and O–H groups in total. The van der Waals surface area contributed by atoms with Crippen LogP contribution in [0.3, 0.4) is 0 Å². The first kappa shape index (κ1) is 10.7. The van der Waals surface area contributed by atoms with Gasteiger partial charge in [-0.05, 0) is 26.0 Å². The second-order valence-electron chi connectivity index (χ2n) is 4.54. The van der Waals surface area contributed by atoms with Crippen LogP contribution in [0, 0.1) is 11.6 Å². The molecule has 2 atom stereocenters. The number of aromatic nitrogens is 2. The first-order valence-electron chi connectivity index (χ1n) is 5.73. The van der Waals surface area contributed by atoms with Crippen LogP contribution in [-0.4, -0.2) is 22.6 Å². The Labute approximate surface area is 97.2 Å². The molecule has 3 rings (SSSR count). The number of imidazole rings is 1. The molecule has 1 aromatic heterocycles. The van der Waals surface area contributed by atoms with Crippen molar-refractivity contribution in [2.45, 2.75) is 25.3 Å². The number of H-pyrrole nitrogens is 1. The van der Waals surface area contributed by atoms with Crippen LogP contribution in [-0.2, 0) is 0 Å². The maximum atomic E-state index is 13.5. The summed E-state index contributed by atoms with van der Waals surface area (Å²) in [6.45, 7) is 3.00. The summed E-state index contributed by atoms with van der Waals surface area (Å²) < 4.78 is 26.6. The summed E-state index contributed by atoms with van der Waals surface area (Å²) in [7, 11) is 0. The molecule has 2 heterocycles. The number of benzene rings is 1. The molecule has 2 aromatic rings.